The lowest BCUT2D eigenvalue weighted by Crippen LogP contribution is -2.22. The summed E-state index contributed by atoms with van der Waals surface area (Å²) in [7, 11) is 0. The molecule has 0 spiro atoms. The second-order valence-corrected chi connectivity index (χ2v) is 4.79. The average molecular weight is 228 g/mol. The van der Waals surface area contributed by atoms with E-state index in [0.29, 0.717) is 0 Å². The van der Waals surface area contributed by atoms with Gasteiger partial charge in [-0.25, -0.2) is 19.4 Å². The predicted octanol–water partition coefficient (Wildman–Crippen LogP) is 2.61. The van der Waals surface area contributed by atoms with E-state index in [9.17, 15) is 9.59 Å². The van der Waals surface area contributed by atoms with E-state index in [1.54, 1.807) is 0 Å². The largest absolute Gasteiger partial charge is 0.358 e. The molecule has 0 saturated heterocycles. The Labute approximate surface area is 96.2 Å². The van der Waals surface area contributed by atoms with E-state index in [1.165, 1.54) is 6.42 Å². The van der Waals surface area contributed by atoms with E-state index in [4.69, 9.17) is 0 Å². The Balaban J connectivity index is 2.21. The van der Waals surface area contributed by atoms with E-state index in [0.717, 1.165) is 25.7 Å². The summed E-state index contributed by atoms with van der Waals surface area (Å²) in [6, 6.07) is 0. The van der Waals surface area contributed by atoms with E-state index >= 15 is 0 Å². The molecule has 0 aromatic heterocycles. The van der Waals surface area contributed by atoms with Gasteiger partial charge in [0.25, 0.3) is 0 Å². The van der Waals surface area contributed by atoms with Gasteiger partial charge in [0.2, 0.25) is 0 Å². The van der Waals surface area contributed by atoms with Crippen molar-refractivity contribution < 1.29 is 19.4 Å². The van der Waals surface area contributed by atoms with Crippen molar-refractivity contribution in [1.82, 2.24) is 0 Å². The summed E-state index contributed by atoms with van der Waals surface area (Å²) >= 11 is 0. The third kappa shape index (κ3) is 4.64. The lowest BCUT2D eigenvalue weighted by molar-refractivity contribution is -0.263. The van der Waals surface area contributed by atoms with Gasteiger partial charge in [0.15, 0.2) is 0 Å². The molecular formula is C12H20O4. The van der Waals surface area contributed by atoms with Crippen LogP contribution in [0, 0.1) is 11.8 Å². The van der Waals surface area contributed by atoms with E-state index in [1.807, 2.05) is 13.8 Å². The SMILES string of the molecule is CC(C)CC(=O)OOC(=O)C1CCCCC1. The Morgan fingerprint density at radius 1 is 1.12 bits per heavy atom. The van der Waals surface area contributed by atoms with Crippen molar-refractivity contribution in [3.05, 3.63) is 0 Å². The molecule has 4 heteroatoms. The number of carbonyl (C=O) groups is 2. The molecule has 0 amide bonds. The zero-order valence-corrected chi connectivity index (χ0v) is 10.0. The fourth-order valence-electron chi connectivity index (χ4n) is 1.86. The van der Waals surface area contributed by atoms with Crippen LogP contribution in [-0.4, -0.2) is 11.9 Å². The van der Waals surface area contributed by atoms with Crippen molar-refractivity contribution in [3.63, 3.8) is 0 Å². The van der Waals surface area contributed by atoms with E-state index in [2.05, 4.69) is 9.78 Å². The van der Waals surface area contributed by atoms with Crippen LogP contribution in [0.1, 0.15) is 52.4 Å². The standard InChI is InChI=1S/C12H20O4/c1-9(2)8-11(13)15-16-12(14)10-6-4-3-5-7-10/h9-10H,3-8H2,1-2H3. The average Bonchev–Trinajstić information content (AvgIpc) is 2.26. The van der Waals surface area contributed by atoms with Gasteiger partial charge in [-0.05, 0) is 18.8 Å². The van der Waals surface area contributed by atoms with Gasteiger partial charge in [0.05, 0.1) is 12.3 Å². The van der Waals surface area contributed by atoms with Gasteiger partial charge in [-0.2, -0.15) is 0 Å². The van der Waals surface area contributed by atoms with Gasteiger partial charge < -0.3 is 0 Å². The monoisotopic (exact) mass is 228 g/mol. The van der Waals surface area contributed by atoms with Gasteiger partial charge >= 0.3 is 11.9 Å². The number of hydrogen-bond donors (Lipinski definition) is 0. The van der Waals surface area contributed by atoms with Crippen molar-refractivity contribution in [1.29, 1.82) is 0 Å². The molecule has 0 heterocycles. The summed E-state index contributed by atoms with van der Waals surface area (Å²) in [5, 5.41) is 0. The van der Waals surface area contributed by atoms with Gasteiger partial charge in [0.1, 0.15) is 0 Å². The summed E-state index contributed by atoms with van der Waals surface area (Å²) < 4.78 is 0. The minimum Gasteiger partial charge on any atom is -0.247 e. The second kappa shape index (κ2) is 6.51. The third-order valence-electron chi connectivity index (χ3n) is 2.73. The fraction of sp³-hybridized carbons (Fsp3) is 0.833. The van der Waals surface area contributed by atoms with Crippen LogP contribution < -0.4 is 0 Å². The highest BCUT2D eigenvalue weighted by atomic mass is 17.2. The molecule has 0 aliphatic heterocycles. The molecule has 0 aromatic carbocycles. The Hall–Kier alpha value is -1.06. The molecule has 0 bridgehead atoms. The van der Waals surface area contributed by atoms with Gasteiger partial charge in [-0.15, -0.1) is 0 Å². The number of rotatable bonds is 3. The van der Waals surface area contributed by atoms with Crippen LogP contribution in [0.2, 0.25) is 0 Å². The summed E-state index contributed by atoms with van der Waals surface area (Å²) in [6.07, 6.45) is 5.26. The maximum Gasteiger partial charge on any atom is 0.358 e. The smallest absolute Gasteiger partial charge is 0.247 e. The molecule has 92 valence electrons. The molecular weight excluding hydrogens is 208 g/mol. The van der Waals surface area contributed by atoms with Crippen molar-refractivity contribution in [2.75, 3.05) is 0 Å². The van der Waals surface area contributed by atoms with Crippen molar-refractivity contribution in [3.8, 4) is 0 Å². The first-order valence-corrected chi connectivity index (χ1v) is 6.00. The minimum atomic E-state index is -0.473. The molecule has 0 radical (unpaired) electrons. The molecule has 1 fully saturated rings. The molecule has 1 rings (SSSR count). The molecule has 0 aromatic rings. The Morgan fingerprint density at radius 3 is 2.31 bits per heavy atom. The van der Waals surface area contributed by atoms with Crippen LogP contribution in [-0.2, 0) is 19.4 Å². The zero-order chi connectivity index (χ0) is 12.0. The Morgan fingerprint density at radius 2 is 1.75 bits per heavy atom. The first kappa shape index (κ1) is 13.0. The van der Waals surface area contributed by atoms with Crippen LogP contribution >= 0.6 is 0 Å². The van der Waals surface area contributed by atoms with Gasteiger partial charge in [-0.1, -0.05) is 33.1 Å². The quantitative estimate of drug-likeness (QED) is 0.550. The van der Waals surface area contributed by atoms with E-state index in [-0.39, 0.29) is 18.3 Å². The number of carbonyl (C=O) groups excluding carboxylic acids is 2. The zero-order valence-electron chi connectivity index (χ0n) is 10.0. The van der Waals surface area contributed by atoms with Gasteiger partial charge in [-0.3, -0.25) is 0 Å². The topological polar surface area (TPSA) is 52.6 Å². The molecule has 4 nitrogen and oxygen atoms in total. The van der Waals surface area contributed by atoms with Crippen molar-refractivity contribution in [2.45, 2.75) is 52.4 Å². The van der Waals surface area contributed by atoms with Crippen LogP contribution in [0.5, 0.6) is 0 Å². The van der Waals surface area contributed by atoms with Crippen LogP contribution in [0.4, 0.5) is 0 Å². The van der Waals surface area contributed by atoms with Crippen LogP contribution in [0.3, 0.4) is 0 Å². The highest BCUT2D eigenvalue weighted by Gasteiger charge is 2.24. The predicted molar refractivity (Wildman–Crippen MR) is 58.2 cm³/mol. The summed E-state index contributed by atoms with van der Waals surface area (Å²) in [5.74, 6) is -0.738. The molecule has 1 aliphatic rings. The third-order valence-corrected chi connectivity index (χ3v) is 2.73. The fourth-order valence-corrected chi connectivity index (χ4v) is 1.86. The molecule has 1 aliphatic carbocycles. The molecule has 0 atom stereocenters. The molecule has 0 N–H and O–H groups in total. The van der Waals surface area contributed by atoms with E-state index < -0.39 is 11.9 Å². The lowest BCUT2D eigenvalue weighted by atomic mass is 9.89. The highest BCUT2D eigenvalue weighted by molar-refractivity contribution is 5.74. The lowest BCUT2D eigenvalue weighted by Gasteiger charge is -2.18. The van der Waals surface area contributed by atoms with Crippen molar-refractivity contribution >= 4 is 11.9 Å². The summed E-state index contributed by atoms with van der Waals surface area (Å²) in [5.41, 5.74) is 0. The van der Waals surface area contributed by atoms with Gasteiger partial charge in [0, 0.05) is 0 Å². The highest BCUT2D eigenvalue weighted by Crippen LogP contribution is 2.24. The normalized spacial score (nSPS) is 17.2. The first-order valence-electron chi connectivity index (χ1n) is 6.00. The first-order chi connectivity index (χ1) is 7.59. The maximum absolute atomic E-state index is 11.5. The molecule has 1 saturated carbocycles. The summed E-state index contributed by atoms with van der Waals surface area (Å²) in [4.78, 5) is 31.7. The minimum absolute atomic E-state index is 0.0828. The van der Waals surface area contributed by atoms with Crippen LogP contribution in [0.25, 0.3) is 0 Å². The molecule has 0 unspecified atom stereocenters. The Kier molecular flexibility index (Phi) is 5.29. The summed E-state index contributed by atoms with van der Waals surface area (Å²) in [6.45, 7) is 3.81. The van der Waals surface area contributed by atoms with Crippen LogP contribution in [0.15, 0.2) is 0 Å². The van der Waals surface area contributed by atoms with Crippen molar-refractivity contribution in [2.24, 2.45) is 11.8 Å². The second-order valence-electron chi connectivity index (χ2n) is 4.79. The number of hydrogen-bond acceptors (Lipinski definition) is 4. The Bertz CT molecular complexity index is 241. The maximum atomic E-state index is 11.5. The molecule has 16 heavy (non-hydrogen) atoms.